The van der Waals surface area contributed by atoms with Gasteiger partial charge in [0.15, 0.2) is 0 Å². The van der Waals surface area contributed by atoms with Crippen LogP contribution in [0.4, 0.5) is 0 Å². The monoisotopic (exact) mass is 597 g/mol. The Morgan fingerprint density at radius 1 is 0.976 bits per heavy atom. The van der Waals surface area contributed by atoms with E-state index in [1.807, 2.05) is 40.5 Å². The lowest BCUT2D eigenvalue weighted by Gasteiger charge is -2.46. The molecule has 6 rings (SSSR count). The molecule has 1 aromatic rings. The Morgan fingerprint density at radius 3 is 2.17 bits per heavy atom. The molecular weight excluding hydrogens is 550 g/mol. The first-order valence-corrected chi connectivity index (χ1v) is 17.9. The van der Waals surface area contributed by atoms with Gasteiger partial charge in [0.05, 0.1) is 22.7 Å². The molecule has 0 spiro atoms. The highest BCUT2D eigenvalue weighted by atomic mass is 32.2. The van der Waals surface area contributed by atoms with Crippen LogP contribution in [0.3, 0.4) is 0 Å². The molecule has 4 saturated carbocycles. The van der Waals surface area contributed by atoms with E-state index in [4.69, 9.17) is 9.57 Å². The number of allylic oxidation sites excluding steroid dienone is 1. The zero-order chi connectivity index (χ0) is 29.5. The molecule has 1 heterocycles. The molecule has 42 heavy (non-hydrogen) atoms. The number of hydrogen-bond donors (Lipinski definition) is 0. The van der Waals surface area contributed by atoms with Crippen LogP contribution in [-0.2, 0) is 19.6 Å². The van der Waals surface area contributed by atoms with Crippen LogP contribution in [0.25, 0.3) is 5.41 Å². The van der Waals surface area contributed by atoms with Gasteiger partial charge in [-0.2, -0.15) is 15.0 Å². The van der Waals surface area contributed by atoms with Gasteiger partial charge in [0.1, 0.15) is 0 Å². The molecule has 0 unspecified atom stereocenters. The summed E-state index contributed by atoms with van der Waals surface area (Å²) in [5, 5.41) is 9.73. The van der Waals surface area contributed by atoms with E-state index in [1.165, 1.54) is 12.8 Å². The Hall–Kier alpha value is -2.06. The van der Waals surface area contributed by atoms with Gasteiger partial charge in [0, 0.05) is 23.9 Å². The fourth-order valence-corrected chi connectivity index (χ4v) is 12.2. The van der Waals surface area contributed by atoms with Crippen LogP contribution in [-0.4, -0.2) is 53.7 Å². The van der Waals surface area contributed by atoms with Crippen molar-refractivity contribution in [2.45, 2.75) is 134 Å². The molecule has 5 atom stereocenters. The number of sulfonamides is 1. The second-order valence-electron chi connectivity index (χ2n) is 14.1. The van der Waals surface area contributed by atoms with Crippen molar-refractivity contribution in [1.82, 2.24) is 4.31 Å². The fourth-order valence-electron chi connectivity index (χ4n) is 9.35. The van der Waals surface area contributed by atoms with Crippen LogP contribution in [0.15, 0.2) is 36.0 Å². The van der Waals surface area contributed by atoms with Crippen molar-refractivity contribution in [3.63, 3.8) is 0 Å². The fraction of sp³-hybridized carbons (Fsp3) is 0.758. The number of nitrogens with zero attached hydrogens (tertiary/aromatic N) is 3. The summed E-state index contributed by atoms with van der Waals surface area (Å²) in [5.74, 6) is 2.04. The van der Waals surface area contributed by atoms with E-state index < -0.39 is 27.6 Å². The summed E-state index contributed by atoms with van der Waals surface area (Å²) >= 11 is 0. The van der Waals surface area contributed by atoms with Crippen molar-refractivity contribution in [3.05, 3.63) is 51.9 Å². The van der Waals surface area contributed by atoms with E-state index in [0.717, 1.165) is 76.2 Å². The minimum absolute atomic E-state index is 0.0159. The largest absolute Gasteiger partial charge is 0.758 e. The maximum Gasteiger partial charge on any atom is 0.320 e. The second-order valence-corrected chi connectivity index (χ2v) is 16.0. The summed E-state index contributed by atoms with van der Waals surface area (Å²) in [4.78, 5) is 18.8. The molecule has 9 heteroatoms. The normalized spacial score (nSPS) is 34.0. The molecule has 0 aromatic heterocycles. The van der Waals surface area contributed by atoms with Crippen LogP contribution in [0.1, 0.15) is 115 Å². The van der Waals surface area contributed by atoms with Crippen LogP contribution in [0.2, 0.25) is 0 Å². The summed E-state index contributed by atoms with van der Waals surface area (Å²) in [6.07, 6.45) is 12.3. The van der Waals surface area contributed by atoms with Gasteiger partial charge in [-0.25, -0.2) is 8.42 Å². The lowest BCUT2D eigenvalue weighted by molar-refractivity contribution is -0.801. The van der Waals surface area contributed by atoms with Gasteiger partial charge in [-0.1, -0.05) is 82.7 Å². The summed E-state index contributed by atoms with van der Waals surface area (Å²) in [6, 6.07) is 9.73. The number of benzene rings is 1. The molecule has 0 amide bonds. The zero-order valence-electron chi connectivity index (χ0n) is 25.2. The van der Waals surface area contributed by atoms with Crippen LogP contribution in [0, 0.1) is 21.7 Å². The summed E-state index contributed by atoms with van der Waals surface area (Å²) in [5.41, 5.74) is 0.107. The highest BCUT2D eigenvalue weighted by Gasteiger charge is 2.67. The Balaban J connectivity index is 1.28. The van der Waals surface area contributed by atoms with Gasteiger partial charge in [0.25, 0.3) is 11.2 Å². The van der Waals surface area contributed by atoms with Crippen molar-refractivity contribution in [2.24, 2.45) is 16.7 Å². The molecule has 2 bridgehead atoms. The van der Waals surface area contributed by atoms with E-state index in [9.17, 15) is 18.7 Å². The molecule has 4 aliphatic carbocycles. The number of rotatable bonds is 8. The smallest absolute Gasteiger partial charge is 0.320 e. The lowest BCUT2D eigenvalue weighted by Crippen LogP contribution is -2.55. The Kier molecular flexibility index (Phi) is 8.42. The van der Waals surface area contributed by atoms with Crippen LogP contribution < -0.4 is 0 Å². The van der Waals surface area contributed by atoms with Gasteiger partial charge in [-0.05, 0) is 61.8 Å². The number of fused-ring (bicyclic) bond motifs is 2. The predicted molar refractivity (Wildman–Crippen MR) is 162 cm³/mol. The van der Waals surface area contributed by atoms with Crippen molar-refractivity contribution in [1.29, 1.82) is 0 Å². The van der Waals surface area contributed by atoms with Gasteiger partial charge < -0.3 is 10.1 Å². The van der Waals surface area contributed by atoms with Crippen LogP contribution in [0.5, 0.6) is 0 Å². The molecule has 230 valence electrons. The molecule has 0 radical (unpaired) electrons. The second kappa shape index (κ2) is 11.8. The molecule has 0 N–H and O–H groups in total. The highest BCUT2D eigenvalue weighted by Crippen LogP contribution is 2.67. The predicted octanol–water partition coefficient (Wildman–Crippen LogP) is 6.84. The van der Waals surface area contributed by atoms with E-state index in [-0.39, 0.29) is 35.1 Å². The van der Waals surface area contributed by atoms with Crippen molar-refractivity contribution < 1.29 is 22.9 Å². The van der Waals surface area contributed by atoms with Crippen LogP contribution >= 0.6 is 0 Å². The topological polar surface area (TPSA) is 98.2 Å². The lowest BCUT2D eigenvalue weighted by atomic mass is 9.69. The molecule has 1 aliphatic heterocycles. The van der Waals surface area contributed by atoms with Gasteiger partial charge in [0.2, 0.25) is 10.0 Å². The third kappa shape index (κ3) is 5.29. The quantitative estimate of drug-likeness (QED) is 0.306. The van der Waals surface area contributed by atoms with E-state index in [0.29, 0.717) is 17.3 Å². The van der Waals surface area contributed by atoms with Crippen molar-refractivity contribution >= 4 is 15.9 Å². The summed E-state index contributed by atoms with van der Waals surface area (Å²) < 4.78 is 38.1. The first-order valence-electron chi connectivity index (χ1n) is 16.3. The van der Waals surface area contributed by atoms with E-state index in [2.05, 4.69) is 13.8 Å². The van der Waals surface area contributed by atoms with E-state index >= 15 is 0 Å². The van der Waals surface area contributed by atoms with Crippen molar-refractivity contribution in [3.8, 4) is 0 Å². The average molecular weight is 598 g/mol. The molecular formula is C33H47N3O5S. The summed E-state index contributed by atoms with van der Waals surface area (Å²) in [6.45, 7) is 4.45. The molecule has 1 saturated heterocycles. The number of ether oxygens (including phenoxy) is 1. The Labute approximate surface area is 251 Å². The highest BCUT2D eigenvalue weighted by molar-refractivity contribution is 7.89. The first-order chi connectivity index (χ1) is 20.2. The average Bonchev–Trinajstić information content (AvgIpc) is 3.33. The SMILES string of the molecule is CC1(C)[C@@H]2CC[C@@]1(CS(=O)(=O)N(C1CCCCC1)C1CCCCC1)[C@H](O[C@H]1C[C@H](c3ccccc3)C(=C=[N-])[N+](=O)O1)C2. The Bertz CT molecular complexity index is 1280. The van der Waals surface area contributed by atoms with E-state index in [1.54, 1.807) is 0 Å². The Morgan fingerprint density at radius 2 is 1.60 bits per heavy atom. The van der Waals surface area contributed by atoms with Gasteiger partial charge >= 0.3 is 5.70 Å². The molecule has 1 aromatic carbocycles. The summed E-state index contributed by atoms with van der Waals surface area (Å²) in [7, 11) is -3.58. The van der Waals surface area contributed by atoms with Crippen molar-refractivity contribution in [2.75, 3.05) is 5.75 Å². The third-order valence-electron chi connectivity index (χ3n) is 11.8. The van der Waals surface area contributed by atoms with Gasteiger partial charge in [-0.15, -0.1) is 0 Å². The standard InChI is InChI=1S/C33H47N3O5S/c1-32(2)25-18-19-33(32,23-42(38,39)35(26-14-8-4-9-15-26)27-16-10-5-11-17-27)30(20-25)40-31-21-28(24-12-6-3-7-13-24)29(22-34)36(37)41-31/h3,6-7,12-13,25-28,30-31H,4-5,8-11,14-21,23H2,1-2H3/t25-,28-,30-,31-,33-/m1/s1. The maximum atomic E-state index is 14.7. The molecule has 5 aliphatic rings. The van der Waals surface area contributed by atoms with Gasteiger partial charge in [-0.3, -0.25) is 0 Å². The third-order valence-corrected chi connectivity index (χ3v) is 13.9. The molecule has 8 nitrogen and oxygen atoms in total. The number of hydrogen-bond acceptors (Lipinski definition) is 5. The maximum absolute atomic E-state index is 14.7. The first kappa shape index (κ1) is 30.0. The minimum atomic E-state index is -3.58. The minimum Gasteiger partial charge on any atom is -0.758 e. The zero-order valence-corrected chi connectivity index (χ0v) is 26.1. The molecule has 5 fully saturated rings.